The first-order valence-corrected chi connectivity index (χ1v) is 17.1. The lowest BCUT2D eigenvalue weighted by atomic mass is 9.76. The highest BCUT2D eigenvalue weighted by atomic mass is 32.2. The highest BCUT2D eigenvalue weighted by Crippen LogP contribution is 2.43. The van der Waals surface area contributed by atoms with Gasteiger partial charge in [0.1, 0.15) is 0 Å². The zero-order chi connectivity index (χ0) is 30.4. The van der Waals surface area contributed by atoms with Gasteiger partial charge in [-0.3, -0.25) is 4.79 Å². The highest BCUT2D eigenvalue weighted by molar-refractivity contribution is 7.90. The van der Waals surface area contributed by atoms with Crippen LogP contribution in [-0.2, 0) is 21.2 Å². The first-order chi connectivity index (χ1) is 20.4. The minimum Gasteiger partial charge on any atom is -0.338 e. The molecule has 2 aromatic carbocycles. The Bertz CT molecular complexity index is 1450. The molecule has 11 heteroatoms. The number of amides is 3. The summed E-state index contributed by atoms with van der Waals surface area (Å²) in [5.41, 5.74) is 1.72. The van der Waals surface area contributed by atoms with E-state index in [2.05, 4.69) is 17.0 Å². The number of carbonyl (C=O) groups excluding carboxylic acids is 2. The lowest BCUT2D eigenvalue weighted by Gasteiger charge is -2.39. The molecule has 0 aliphatic carbocycles. The molecule has 4 saturated heterocycles. The second-order valence-corrected chi connectivity index (χ2v) is 15.0. The predicted octanol–water partition coefficient (Wildman–Crippen LogP) is 4.08. The maximum absolute atomic E-state index is 13.8. The second kappa shape index (κ2) is 11.5. The third kappa shape index (κ3) is 6.29. The van der Waals surface area contributed by atoms with Crippen LogP contribution in [0.5, 0.6) is 0 Å². The van der Waals surface area contributed by atoms with Gasteiger partial charge in [-0.2, -0.15) is 0 Å². The summed E-state index contributed by atoms with van der Waals surface area (Å²) in [5.74, 6) is -2.33. The Kier molecular flexibility index (Phi) is 8.00. The third-order valence-corrected chi connectivity index (χ3v) is 11.1. The number of urea groups is 1. The number of halogens is 2. The van der Waals surface area contributed by atoms with Gasteiger partial charge in [0, 0.05) is 57.9 Å². The smallest absolute Gasteiger partial charge is 0.320 e. The van der Waals surface area contributed by atoms with Gasteiger partial charge in [-0.1, -0.05) is 42.5 Å². The van der Waals surface area contributed by atoms with Crippen LogP contribution < -0.4 is 0 Å². The molecular formula is C32H40F2N4O4S. The van der Waals surface area contributed by atoms with E-state index in [0.717, 1.165) is 50.0 Å². The Labute approximate surface area is 252 Å². The normalized spacial score (nSPS) is 25.7. The van der Waals surface area contributed by atoms with E-state index in [1.807, 2.05) is 23.1 Å². The Balaban J connectivity index is 1.07. The molecule has 232 valence electrons. The molecule has 0 N–H and O–H groups in total. The molecule has 4 aliphatic heterocycles. The van der Waals surface area contributed by atoms with Crippen molar-refractivity contribution in [2.24, 2.45) is 11.3 Å². The van der Waals surface area contributed by atoms with Crippen LogP contribution in [0.2, 0.25) is 0 Å². The number of carbonyl (C=O) groups is 2. The van der Waals surface area contributed by atoms with Crippen LogP contribution in [0.1, 0.15) is 42.7 Å². The topological polar surface area (TPSA) is 81.2 Å². The summed E-state index contributed by atoms with van der Waals surface area (Å²) in [6, 6.07) is 16.6. The molecule has 43 heavy (non-hydrogen) atoms. The minimum absolute atomic E-state index is 0.0915. The van der Waals surface area contributed by atoms with Crippen molar-refractivity contribution in [2.75, 3.05) is 58.6 Å². The zero-order valence-electron chi connectivity index (χ0n) is 24.6. The van der Waals surface area contributed by atoms with Gasteiger partial charge in [0.2, 0.25) is 5.91 Å². The van der Waals surface area contributed by atoms with Crippen LogP contribution in [0.3, 0.4) is 0 Å². The molecular weight excluding hydrogens is 574 g/mol. The molecule has 2 aromatic rings. The molecule has 1 spiro atoms. The molecule has 0 saturated carbocycles. The summed E-state index contributed by atoms with van der Waals surface area (Å²) in [6.45, 7) is 4.20. The number of rotatable bonds is 6. The summed E-state index contributed by atoms with van der Waals surface area (Å²) in [4.78, 5) is 34.5. The van der Waals surface area contributed by atoms with Crippen LogP contribution in [0.4, 0.5) is 13.6 Å². The molecule has 0 aromatic heterocycles. The van der Waals surface area contributed by atoms with E-state index in [-0.39, 0.29) is 47.1 Å². The van der Waals surface area contributed by atoms with Crippen molar-refractivity contribution in [1.82, 2.24) is 19.6 Å². The van der Waals surface area contributed by atoms with Gasteiger partial charge in [-0.15, -0.1) is 0 Å². The van der Waals surface area contributed by atoms with Crippen molar-refractivity contribution >= 4 is 21.8 Å². The predicted molar refractivity (Wildman–Crippen MR) is 158 cm³/mol. The standard InChI is InChI=1S/C32H40F2N4O4S/c1-43(41,42)27-9-7-24(8-10-27)19-36-17-13-31(29(36)39)11-15-35(16-12-31)20-26-21-38(22-28(26)25-5-3-2-4-6-25)30(40)37-18-14-32(33,34)23-37/h2-10,26,28H,11-23H2,1H3/t26-,28+/m0/s1. The van der Waals surface area contributed by atoms with E-state index in [1.165, 1.54) is 11.2 Å². The minimum atomic E-state index is -3.26. The van der Waals surface area contributed by atoms with Crippen LogP contribution in [0, 0.1) is 11.3 Å². The first-order valence-electron chi connectivity index (χ1n) is 15.2. The SMILES string of the molecule is CS(=O)(=O)c1ccc(CN2CCC3(CCN(C[C@H]4CN(C(=O)N5CCC(F)(F)C5)C[C@@H]4c4ccccc4)CC3)C2=O)cc1. The van der Waals surface area contributed by atoms with E-state index in [0.29, 0.717) is 26.2 Å². The monoisotopic (exact) mass is 614 g/mol. The maximum Gasteiger partial charge on any atom is 0.320 e. The van der Waals surface area contributed by atoms with Crippen LogP contribution in [-0.4, -0.2) is 104 Å². The van der Waals surface area contributed by atoms with Crippen molar-refractivity contribution in [1.29, 1.82) is 0 Å². The largest absolute Gasteiger partial charge is 0.338 e. The summed E-state index contributed by atoms with van der Waals surface area (Å²) >= 11 is 0. The summed E-state index contributed by atoms with van der Waals surface area (Å²) < 4.78 is 51.2. The molecule has 0 bridgehead atoms. The molecule has 8 nitrogen and oxygen atoms in total. The zero-order valence-corrected chi connectivity index (χ0v) is 25.4. The molecule has 6 rings (SSSR count). The molecule has 4 heterocycles. The summed E-state index contributed by atoms with van der Waals surface area (Å²) in [5, 5.41) is 0. The van der Waals surface area contributed by atoms with Crippen LogP contribution in [0.25, 0.3) is 0 Å². The van der Waals surface area contributed by atoms with Crippen LogP contribution in [0.15, 0.2) is 59.5 Å². The third-order valence-electron chi connectivity index (χ3n) is 10.0. The molecule has 2 atom stereocenters. The van der Waals surface area contributed by atoms with Gasteiger partial charge in [-0.05, 0) is 61.5 Å². The average molecular weight is 615 g/mol. The van der Waals surface area contributed by atoms with Crippen molar-refractivity contribution in [2.45, 2.75) is 49.0 Å². The number of benzene rings is 2. The van der Waals surface area contributed by atoms with Gasteiger partial charge in [0.15, 0.2) is 9.84 Å². The van der Waals surface area contributed by atoms with Gasteiger partial charge >= 0.3 is 6.03 Å². The summed E-state index contributed by atoms with van der Waals surface area (Å²) in [7, 11) is -3.26. The van der Waals surface area contributed by atoms with E-state index in [1.54, 1.807) is 29.2 Å². The van der Waals surface area contributed by atoms with Crippen molar-refractivity contribution in [3.8, 4) is 0 Å². The Hall–Kier alpha value is -3.05. The number of sulfone groups is 1. The lowest BCUT2D eigenvalue weighted by Crippen LogP contribution is -2.46. The number of hydrogen-bond acceptors (Lipinski definition) is 5. The quantitative estimate of drug-likeness (QED) is 0.490. The fraction of sp³-hybridized carbons (Fsp3) is 0.562. The Morgan fingerprint density at radius 3 is 2.19 bits per heavy atom. The van der Waals surface area contributed by atoms with Crippen molar-refractivity contribution in [3.05, 3.63) is 65.7 Å². The number of hydrogen-bond donors (Lipinski definition) is 0. The van der Waals surface area contributed by atoms with E-state index >= 15 is 0 Å². The van der Waals surface area contributed by atoms with Gasteiger partial charge in [-0.25, -0.2) is 22.0 Å². The fourth-order valence-electron chi connectivity index (χ4n) is 7.45. The Morgan fingerprint density at radius 2 is 1.56 bits per heavy atom. The Morgan fingerprint density at radius 1 is 0.884 bits per heavy atom. The first kappa shape index (κ1) is 30.0. The summed E-state index contributed by atoms with van der Waals surface area (Å²) in [6.07, 6.45) is 3.29. The van der Waals surface area contributed by atoms with Crippen molar-refractivity contribution in [3.63, 3.8) is 0 Å². The number of piperidine rings is 1. The molecule has 4 aliphatic rings. The van der Waals surface area contributed by atoms with Crippen LogP contribution >= 0.6 is 0 Å². The molecule has 3 amide bonds. The van der Waals surface area contributed by atoms with Crippen molar-refractivity contribution < 1.29 is 26.8 Å². The molecule has 0 unspecified atom stereocenters. The average Bonchev–Trinajstić information content (AvgIpc) is 3.66. The lowest BCUT2D eigenvalue weighted by molar-refractivity contribution is -0.139. The second-order valence-electron chi connectivity index (χ2n) is 13.0. The maximum atomic E-state index is 13.8. The van der Waals surface area contributed by atoms with Gasteiger partial charge in [0.25, 0.3) is 5.92 Å². The number of likely N-dealkylation sites (tertiary alicyclic amines) is 4. The molecule has 0 radical (unpaired) electrons. The molecule has 4 fully saturated rings. The van der Waals surface area contributed by atoms with E-state index in [4.69, 9.17) is 0 Å². The van der Waals surface area contributed by atoms with Gasteiger partial charge < -0.3 is 19.6 Å². The van der Waals surface area contributed by atoms with Gasteiger partial charge in [0.05, 0.1) is 16.9 Å². The number of nitrogens with zero attached hydrogens (tertiary/aromatic N) is 4. The van der Waals surface area contributed by atoms with E-state index < -0.39 is 22.3 Å². The highest BCUT2D eigenvalue weighted by Gasteiger charge is 2.49. The number of alkyl halides is 2. The van der Waals surface area contributed by atoms with E-state index in [9.17, 15) is 26.8 Å². The fourth-order valence-corrected chi connectivity index (χ4v) is 8.09.